The number of aromatic amines is 1. The van der Waals surface area contributed by atoms with Crippen LogP contribution in [0.25, 0.3) is 10.9 Å². The van der Waals surface area contributed by atoms with Crippen molar-refractivity contribution in [2.75, 3.05) is 0 Å². The quantitative estimate of drug-likeness (QED) is 0.748. The molecule has 1 aromatic heterocycles. The molecule has 7 heteroatoms. The summed E-state index contributed by atoms with van der Waals surface area (Å²) >= 11 is 5.93. The smallest absolute Gasteiger partial charge is 0.252 e. The summed E-state index contributed by atoms with van der Waals surface area (Å²) in [5.74, 6) is 0. The number of hydrogen-bond donors (Lipinski definition) is 2. The molecule has 0 spiro atoms. The van der Waals surface area contributed by atoms with Crippen molar-refractivity contribution in [3.63, 3.8) is 0 Å². The van der Waals surface area contributed by atoms with Gasteiger partial charge >= 0.3 is 0 Å². The van der Waals surface area contributed by atoms with E-state index in [0.717, 1.165) is 16.5 Å². The van der Waals surface area contributed by atoms with Crippen LogP contribution in [0.4, 0.5) is 0 Å². The van der Waals surface area contributed by atoms with Crippen LogP contribution in [0, 0.1) is 6.92 Å². The van der Waals surface area contributed by atoms with Gasteiger partial charge in [0.25, 0.3) is 5.56 Å². The SMILES string of the molecule is Cc1cccc2cc(CNS(=O)(=O)c3ccccc3Cl)c(=O)[nH]c12. The number of H-pyrrole nitrogens is 1. The molecule has 0 saturated carbocycles. The molecule has 0 radical (unpaired) electrons. The predicted molar refractivity (Wildman–Crippen MR) is 94.8 cm³/mol. The minimum Gasteiger partial charge on any atom is -0.321 e. The third kappa shape index (κ3) is 3.21. The molecule has 0 aliphatic heterocycles. The summed E-state index contributed by atoms with van der Waals surface area (Å²) in [6, 6.07) is 13.5. The highest BCUT2D eigenvalue weighted by Crippen LogP contribution is 2.20. The maximum Gasteiger partial charge on any atom is 0.252 e. The molecule has 124 valence electrons. The number of fused-ring (bicyclic) bond motifs is 1. The van der Waals surface area contributed by atoms with E-state index in [1.165, 1.54) is 12.1 Å². The van der Waals surface area contributed by atoms with Crippen LogP contribution in [-0.4, -0.2) is 13.4 Å². The average Bonchev–Trinajstić information content (AvgIpc) is 2.54. The van der Waals surface area contributed by atoms with Gasteiger partial charge in [-0.2, -0.15) is 0 Å². The Hall–Kier alpha value is -2.15. The van der Waals surface area contributed by atoms with Crippen molar-refractivity contribution in [1.82, 2.24) is 9.71 Å². The number of rotatable bonds is 4. The number of benzene rings is 2. The van der Waals surface area contributed by atoms with E-state index in [2.05, 4.69) is 9.71 Å². The topological polar surface area (TPSA) is 79.0 Å². The number of aryl methyl sites for hydroxylation is 1. The van der Waals surface area contributed by atoms with Crippen LogP contribution in [0.15, 0.2) is 58.2 Å². The normalized spacial score (nSPS) is 11.8. The molecule has 0 fully saturated rings. The van der Waals surface area contributed by atoms with Crippen LogP contribution in [0.5, 0.6) is 0 Å². The Kier molecular flexibility index (Phi) is 4.45. The zero-order valence-corrected chi connectivity index (χ0v) is 14.4. The summed E-state index contributed by atoms with van der Waals surface area (Å²) < 4.78 is 27.1. The van der Waals surface area contributed by atoms with Gasteiger partial charge in [0.05, 0.1) is 10.5 Å². The van der Waals surface area contributed by atoms with Gasteiger partial charge in [0, 0.05) is 12.1 Å². The van der Waals surface area contributed by atoms with E-state index in [-0.39, 0.29) is 22.0 Å². The van der Waals surface area contributed by atoms with Gasteiger partial charge in [0.1, 0.15) is 4.90 Å². The van der Waals surface area contributed by atoms with E-state index < -0.39 is 10.0 Å². The Bertz CT molecular complexity index is 1070. The monoisotopic (exact) mass is 362 g/mol. The Labute approximate surface area is 144 Å². The number of pyridine rings is 1. The second-order valence-corrected chi connectivity index (χ2v) is 7.56. The van der Waals surface area contributed by atoms with Crippen LogP contribution in [0.2, 0.25) is 5.02 Å². The zero-order valence-electron chi connectivity index (χ0n) is 12.8. The Morgan fingerprint density at radius 3 is 2.62 bits per heavy atom. The van der Waals surface area contributed by atoms with E-state index in [1.807, 2.05) is 25.1 Å². The fourth-order valence-corrected chi connectivity index (χ4v) is 4.00. The lowest BCUT2D eigenvalue weighted by molar-refractivity contribution is 0.581. The lowest BCUT2D eigenvalue weighted by atomic mass is 10.1. The highest BCUT2D eigenvalue weighted by molar-refractivity contribution is 7.89. The minimum absolute atomic E-state index is 0.0141. The first kappa shape index (κ1) is 16.7. The number of hydrogen-bond acceptors (Lipinski definition) is 3. The van der Waals surface area contributed by atoms with Gasteiger partial charge in [-0.15, -0.1) is 0 Å². The molecule has 0 bridgehead atoms. The Morgan fingerprint density at radius 1 is 1.12 bits per heavy atom. The van der Waals surface area contributed by atoms with Crippen LogP contribution in [-0.2, 0) is 16.6 Å². The van der Waals surface area contributed by atoms with E-state index in [4.69, 9.17) is 11.6 Å². The molecular weight excluding hydrogens is 348 g/mol. The first-order valence-corrected chi connectivity index (χ1v) is 9.10. The van der Waals surface area contributed by atoms with Gasteiger partial charge in [-0.25, -0.2) is 13.1 Å². The molecule has 0 saturated heterocycles. The maximum atomic E-state index is 12.3. The molecule has 1 heterocycles. The first-order chi connectivity index (χ1) is 11.4. The van der Waals surface area contributed by atoms with Crippen LogP contribution in [0.1, 0.15) is 11.1 Å². The molecular formula is C17H15ClN2O3S. The van der Waals surface area contributed by atoms with Crippen molar-refractivity contribution < 1.29 is 8.42 Å². The van der Waals surface area contributed by atoms with Crippen molar-refractivity contribution in [3.05, 3.63) is 75.0 Å². The highest BCUT2D eigenvalue weighted by atomic mass is 35.5. The highest BCUT2D eigenvalue weighted by Gasteiger charge is 2.17. The third-order valence-electron chi connectivity index (χ3n) is 3.74. The van der Waals surface area contributed by atoms with E-state index >= 15 is 0 Å². The molecule has 0 atom stereocenters. The van der Waals surface area contributed by atoms with Gasteiger partial charge in [-0.1, -0.05) is 41.9 Å². The lowest BCUT2D eigenvalue weighted by Crippen LogP contribution is -2.27. The van der Waals surface area contributed by atoms with Gasteiger partial charge < -0.3 is 4.98 Å². The average molecular weight is 363 g/mol. The molecule has 24 heavy (non-hydrogen) atoms. The van der Waals surface area contributed by atoms with Crippen LogP contribution >= 0.6 is 11.6 Å². The summed E-state index contributed by atoms with van der Waals surface area (Å²) in [6.07, 6.45) is 0. The number of halogens is 1. The maximum absolute atomic E-state index is 12.3. The Morgan fingerprint density at radius 2 is 1.88 bits per heavy atom. The Balaban J connectivity index is 1.92. The lowest BCUT2D eigenvalue weighted by Gasteiger charge is -2.09. The van der Waals surface area contributed by atoms with Crippen molar-refractivity contribution in [1.29, 1.82) is 0 Å². The largest absolute Gasteiger partial charge is 0.321 e. The summed E-state index contributed by atoms with van der Waals surface area (Å²) in [6.45, 7) is 1.78. The first-order valence-electron chi connectivity index (χ1n) is 7.24. The van der Waals surface area contributed by atoms with Crippen LogP contribution < -0.4 is 10.3 Å². The van der Waals surface area contributed by atoms with Gasteiger partial charge in [-0.05, 0) is 36.1 Å². The number of para-hydroxylation sites is 1. The number of nitrogens with one attached hydrogen (secondary N) is 2. The molecule has 0 aliphatic rings. The summed E-state index contributed by atoms with van der Waals surface area (Å²) in [4.78, 5) is 15.0. The van der Waals surface area contributed by atoms with Crippen LogP contribution in [0.3, 0.4) is 0 Å². The zero-order chi connectivity index (χ0) is 17.3. The molecule has 2 N–H and O–H groups in total. The molecule has 0 unspecified atom stereocenters. The molecule has 3 rings (SSSR count). The van der Waals surface area contributed by atoms with Crippen molar-refractivity contribution in [3.8, 4) is 0 Å². The van der Waals surface area contributed by atoms with Crippen molar-refractivity contribution in [2.24, 2.45) is 0 Å². The molecule has 0 amide bonds. The molecule has 2 aromatic carbocycles. The van der Waals surface area contributed by atoms with Gasteiger partial charge in [0.2, 0.25) is 10.0 Å². The summed E-state index contributed by atoms with van der Waals surface area (Å²) in [5, 5.41) is 0.981. The third-order valence-corrected chi connectivity index (χ3v) is 5.64. The summed E-state index contributed by atoms with van der Waals surface area (Å²) in [5.41, 5.74) is 1.72. The molecule has 3 aromatic rings. The minimum atomic E-state index is -3.80. The second-order valence-electron chi connectivity index (χ2n) is 5.42. The van der Waals surface area contributed by atoms with Crippen molar-refractivity contribution in [2.45, 2.75) is 18.4 Å². The fourth-order valence-electron chi connectivity index (χ4n) is 2.47. The molecule has 5 nitrogen and oxygen atoms in total. The predicted octanol–water partition coefficient (Wildman–Crippen LogP) is 2.97. The standard InChI is InChI=1S/C17H15ClN2O3S/c1-11-5-4-6-12-9-13(17(21)20-16(11)12)10-19-24(22,23)15-8-3-2-7-14(15)18/h2-9,19H,10H2,1H3,(H,20,21). The second kappa shape index (κ2) is 6.39. The van der Waals surface area contributed by atoms with E-state index in [9.17, 15) is 13.2 Å². The number of aromatic nitrogens is 1. The van der Waals surface area contributed by atoms with Gasteiger partial charge in [-0.3, -0.25) is 4.79 Å². The van der Waals surface area contributed by atoms with Crippen molar-refractivity contribution >= 4 is 32.5 Å². The number of sulfonamides is 1. The molecule has 0 aliphatic carbocycles. The van der Waals surface area contributed by atoms with E-state index in [0.29, 0.717) is 5.56 Å². The van der Waals surface area contributed by atoms with Gasteiger partial charge in [0.15, 0.2) is 0 Å². The fraction of sp³-hybridized carbons (Fsp3) is 0.118. The van der Waals surface area contributed by atoms with E-state index in [1.54, 1.807) is 18.2 Å². The summed E-state index contributed by atoms with van der Waals surface area (Å²) in [7, 11) is -3.80.